The molecule has 0 aromatic heterocycles. The highest BCUT2D eigenvalue weighted by Gasteiger charge is 2.50. The summed E-state index contributed by atoms with van der Waals surface area (Å²) < 4.78 is 5.43. The number of carbonyl (C=O) groups excluding carboxylic acids is 1. The average Bonchev–Trinajstić information content (AvgIpc) is 2.67. The minimum absolute atomic E-state index is 0.202. The number of Topliss-reactive ketones (excluding diaryl/α,β-unsaturated/α-hetero) is 1. The van der Waals surface area contributed by atoms with E-state index < -0.39 is 0 Å². The summed E-state index contributed by atoms with van der Waals surface area (Å²) >= 11 is 0. The second-order valence-electron chi connectivity index (χ2n) is 7.27. The van der Waals surface area contributed by atoms with Crippen LogP contribution in [0, 0.1) is 23.2 Å². The van der Waals surface area contributed by atoms with Crippen LogP contribution in [0.15, 0.2) is 0 Å². The normalized spacial score (nSPS) is 30.1. The quantitative estimate of drug-likeness (QED) is 0.564. The van der Waals surface area contributed by atoms with Crippen molar-refractivity contribution in [1.29, 1.82) is 0 Å². The van der Waals surface area contributed by atoms with Crippen molar-refractivity contribution >= 4 is 5.78 Å². The molecule has 1 rings (SSSR count). The van der Waals surface area contributed by atoms with Crippen molar-refractivity contribution < 1.29 is 9.53 Å². The first-order valence-corrected chi connectivity index (χ1v) is 8.47. The van der Waals surface area contributed by atoms with Crippen LogP contribution in [0.5, 0.6) is 0 Å². The summed E-state index contributed by atoms with van der Waals surface area (Å²) in [6.45, 7) is 9.61. The van der Waals surface area contributed by atoms with E-state index in [1.165, 1.54) is 32.1 Å². The zero-order chi connectivity index (χ0) is 15.2. The fraction of sp³-hybridized carbons (Fsp3) is 0.944. The molecule has 1 saturated carbocycles. The number of ketones is 1. The average molecular weight is 282 g/mol. The van der Waals surface area contributed by atoms with Gasteiger partial charge in [0.15, 0.2) is 0 Å². The number of ether oxygens (including phenoxy) is 1. The van der Waals surface area contributed by atoms with E-state index in [0.717, 1.165) is 18.8 Å². The number of hydrogen-bond donors (Lipinski definition) is 0. The van der Waals surface area contributed by atoms with Crippen molar-refractivity contribution in [3.8, 4) is 0 Å². The minimum atomic E-state index is -0.202. The van der Waals surface area contributed by atoms with Crippen LogP contribution in [0.1, 0.15) is 72.6 Å². The van der Waals surface area contributed by atoms with Crippen molar-refractivity contribution in [2.75, 3.05) is 13.7 Å². The minimum Gasteiger partial charge on any atom is -0.384 e. The van der Waals surface area contributed by atoms with Crippen molar-refractivity contribution in [2.24, 2.45) is 23.2 Å². The van der Waals surface area contributed by atoms with Crippen LogP contribution in [-0.4, -0.2) is 19.5 Å². The number of unbranched alkanes of at least 4 members (excludes halogenated alkanes) is 2. The van der Waals surface area contributed by atoms with Crippen LogP contribution < -0.4 is 0 Å². The summed E-state index contributed by atoms with van der Waals surface area (Å²) in [5.41, 5.74) is -0.202. The van der Waals surface area contributed by atoms with Crippen LogP contribution in [0.4, 0.5) is 0 Å². The summed E-state index contributed by atoms with van der Waals surface area (Å²) in [4.78, 5) is 12.8. The third-order valence-electron chi connectivity index (χ3n) is 5.38. The SMILES string of the molecule is COCC1(C(=O)CCCCCC(C)C)C(C)CCC1C. The van der Waals surface area contributed by atoms with Crippen LogP contribution >= 0.6 is 0 Å². The molecule has 0 N–H and O–H groups in total. The Labute approximate surface area is 125 Å². The molecule has 2 unspecified atom stereocenters. The zero-order valence-corrected chi connectivity index (χ0v) is 14.2. The fourth-order valence-electron chi connectivity index (χ4n) is 3.90. The molecule has 0 radical (unpaired) electrons. The van der Waals surface area contributed by atoms with Crippen molar-refractivity contribution in [1.82, 2.24) is 0 Å². The summed E-state index contributed by atoms with van der Waals surface area (Å²) in [6, 6.07) is 0. The molecule has 2 nitrogen and oxygen atoms in total. The van der Waals surface area contributed by atoms with Gasteiger partial charge in [-0.2, -0.15) is 0 Å². The lowest BCUT2D eigenvalue weighted by Crippen LogP contribution is -2.42. The lowest BCUT2D eigenvalue weighted by atomic mass is 9.69. The monoisotopic (exact) mass is 282 g/mol. The van der Waals surface area contributed by atoms with Gasteiger partial charge < -0.3 is 4.74 Å². The number of rotatable bonds is 9. The third kappa shape index (κ3) is 4.07. The van der Waals surface area contributed by atoms with Crippen LogP contribution in [0.3, 0.4) is 0 Å². The Morgan fingerprint density at radius 1 is 1.15 bits per heavy atom. The Balaban J connectivity index is 2.49. The molecule has 20 heavy (non-hydrogen) atoms. The van der Waals surface area contributed by atoms with Gasteiger partial charge in [0.25, 0.3) is 0 Å². The Hall–Kier alpha value is -0.370. The second kappa shape index (κ2) is 8.17. The first kappa shape index (κ1) is 17.7. The highest BCUT2D eigenvalue weighted by molar-refractivity contribution is 5.86. The fourth-order valence-corrected chi connectivity index (χ4v) is 3.90. The maximum Gasteiger partial charge on any atom is 0.141 e. The molecule has 2 heteroatoms. The molecule has 2 atom stereocenters. The Morgan fingerprint density at radius 2 is 1.75 bits per heavy atom. The van der Waals surface area contributed by atoms with Crippen LogP contribution in [-0.2, 0) is 9.53 Å². The zero-order valence-electron chi connectivity index (χ0n) is 14.2. The molecule has 1 aliphatic rings. The van der Waals surface area contributed by atoms with E-state index in [2.05, 4.69) is 27.7 Å². The maximum absolute atomic E-state index is 12.8. The van der Waals surface area contributed by atoms with Gasteiger partial charge in [-0.25, -0.2) is 0 Å². The van der Waals surface area contributed by atoms with Gasteiger partial charge in [0.05, 0.1) is 12.0 Å². The molecule has 0 spiro atoms. The summed E-state index contributed by atoms with van der Waals surface area (Å²) in [6.07, 6.45) is 7.87. The standard InChI is InChI=1S/C18H34O2/c1-14(2)9-7-6-8-10-17(19)18(13-20-5)15(3)11-12-16(18)4/h14-16H,6-13H2,1-5H3. The molecule has 1 aliphatic carbocycles. The van der Waals surface area contributed by atoms with E-state index in [4.69, 9.17) is 4.74 Å². The maximum atomic E-state index is 12.8. The molecule has 0 aromatic carbocycles. The molecule has 0 saturated heterocycles. The van der Waals surface area contributed by atoms with Gasteiger partial charge in [0, 0.05) is 13.5 Å². The number of methoxy groups -OCH3 is 1. The second-order valence-corrected chi connectivity index (χ2v) is 7.27. The van der Waals surface area contributed by atoms with E-state index in [1.54, 1.807) is 7.11 Å². The lowest BCUT2D eigenvalue weighted by molar-refractivity contribution is -0.137. The molecule has 0 aromatic rings. The summed E-state index contributed by atoms with van der Waals surface area (Å²) in [7, 11) is 1.73. The molecule has 0 bridgehead atoms. The molecule has 1 fully saturated rings. The first-order chi connectivity index (χ1) is 9.45. The van der Waals surface area contributed by atoms with E-state index >= 15 is 0 Å². The van der Waals surface area contributed by atoms with E-state index in [9.17, 15) is 4.79 Å². The molecular weight excluding hydrogens is 248 g/mol. The Bertz CT molecular complexity index is 286. The van der Waals surface area contributed by atoms with Crippen molar-refractivity contribution in [2.45, 2.75) is 72.6 Å². The number of hydrogen-bond acceptors (Lipinski definition) is 2. The molecular formula is C18H34O2. The Kier molecular flexibility index (Phi) is 7.22. The highest BCUT2D eigenvalue weighted by Crippen LogP contribution is 2.49. The smallest absolute Gasteiger partial charge is 0.141 e. The van der Waals surface area contributed by atoms with Crippen molar-refractivity contribution in [3.05, 3.63) is 0 Å². The molecule has 0 amide bonds. The molecule has 0 aliphatic heterocycles. The van der Waals surface area contributed by atoms with Crippen LogP contribution in [0.25, 0.3) is 0 Å². The first-order valence-electron chi connectivity index (χ1n) is 8.47. The van der Waals surface area contributed by atoms with E-state index in [-0.39, 0.29) is 5.41 Å². The number of carbonyl (C=O) groups is 1. The molecule has 118 valence electrons. The van der Waals surface area contributed by atoms with Gasteiger partial charge in [0.1, 0.15) is 5.78 Å². The van der Waals surface area contributed by atoms with Gasteiger partial charge >= 0.3 is 0 Å². The van der Waals surface area contributed by atoms with Gasteiger partial charge in [-0.05, 0) is 37.0 Å². The molecule has 0 heterocycles. The predicted octanol–water partition coefficient (Wildman–Crippen LogP) is 4.86. The largest absolute Gasteiger partial charge is 0.384 e. The highest BCUT2D eigenvalue weighted by atomic mass is 16.5. The van der Waals surface area contributed by atoms with E-state index in [0.29, 0.717) is 24.2 Å². The van der Waals surface area contributed by atoms with E-state index in [1.807, 2.05) is 0 Å². The lowest BCUT2D eigenvalue weighted by Gasteiger charge is -2.35. The van der Waals surface area contributed by atoms with Gasteiger partial charge in [0.2, 0.25) is 0 Å². The Morgan fingerprint density at radius 3 is 2.25 bits per heavy atom. The van der Waals surface area contributed by atoms with Gasteiger partial charge in [-0.3, -0.25) is 4.79 Å². The van der Waals surface area contributed by atoms with Crippen molar-refractivity contribution in [3.63, 3.8) is 0 Å². The van der Waals surface area contributed by atoms with Crippen LogP contribution in [0.2, 0.25) is 0 Å². The topological polar surface area (TPSA) is 26.3 Å². The third-order valence-corrected chi connectivity index (χ3v) is 5.38. The summed E-state index contributed by atoms with van der Waals surface area (Å²) in [5.74, 6) is 2.18. The predicted molar refractivity (Wildman–Crippen MR) is 84.8 cm³/mol. The van der Waals surface area contributed by atoms with Gasteiger partial charge in [-0.15, -0.1) is 0 Å². The van der Waals surface area contributed by atoms with Gasteiger partial charge in [-0.1, -0.05) is 47.0 Å². The summed E-state index contributed by atoms with van der Waals surface area (Å²) in [5, 5.41) is 0.